The minimum atomic E-state index is -2.79. The fourth-order valence-electron chi connectivity index (χ4n) is 4.97. The van der Waals surface area contributed by atoms with E-state index in [4.69, 9.17) is 41.9 Å². The molecule has 1 N–H and O–H groups in total. The molecule has 2 aromatic heterocycles. The van der Waals surface area contributed by atoms with Gasteiger partial charge in [-0.1, -0.05) is 29.8 Å². The normalized spacial score (nSPS) is 25.7. The predicted molar refractivity (Wildman–Crippen MR) is 159 cm³/mol. The molecule has 0 amide bonds. The van der Waals surface area contributed by atoms with Gasteiger partial charge < -0.3 is 24.1 Å². The first-order valence-corrected chi connectivity index (χ1v) is 17.1. The van der Waals surface area contributed by atoms with Gasteiger partial charge in [-0.05, 0) is 57.8 Å². The second-order valence-electron chi connectivity index (χ2n) is 11.5. The standard InChI is InChI=1S/C26H34Cl2N5O5PS/c1-25(2,3)38-39(6,34)14-40-13-18-19-20(37-26(4,5)36-19)23(35-18)33-22-16(12-30-33)21(31-24(28)32-22)29-11-15-9-7-8-10-17(15)27/h7-10,12,18-20,23H,11,13-14H2,1-6H3,(H,29,31,32)/t18-,19-,20-,23-,39?/m1/s1. The lowest BCUT2D eigenvalue weighted by molar-refractivity contribution is -0.195. The lowest BCUT2D eigenvalue weighted by atomic mass is 10.1. The van der Waals surface area contributed by atoms with Gasteiger partial charge in [0.05, 0.1) is 28.8 Å². The summed E-state index contributed by atoms with van der Waals surface area (Å²) in [5.74, 6) is 0.277. The molecule has 0 saturated carbocycles. The van der Waals surface area contributed by atoms with E-state index in [9.17, 15) is 4.57 Å². The Morgan fingerprint density at radius 3 is 2.62 bits per heavy atom. The molecule has 3 aromatic rings. The zero-order chi connectivity index (χ0) is 28.9. The van der Waals surface area contributed by atoms with E-state index < -0.39 is 31.1 Å². The van der Waals surface area contributed by atoms with Crippen molar-refractivity contribution in [1.82, 2.24) is 19.7 Å². The third-order valence-corrected chi connectivity index (χ3v) is 10.9. The van der Waals surface area contributed by atoms with Gasteiger partial charge in [-0.25, -0.2) is 4.68 Å². The zero-order valence-corrected chi connectivity index (χ0v) is 26.5. The summed E-state index contributed by atoms with van der Waals surface area (Å²) in [5, 5.41) is 9.32. The van der Waals surface area contributed by atoms with Crippen molar-refractivity contribution in [3.8, 4) is 0 Å². The molecule has 2 aliphatic heterocycles. The van der Waals surface area contributed by atoms with Crippen molar-refractivity contribution in [3.05, 3.63) is 46.3 Å². The number of aromatic nitrogens is 4. The number of fused-ring (bicyclic) bond motifs is 2. The smallest absolute Gasteiger partial charge is 0.226 e. The fraction of sp³-hybridized carbons (Fsp3) is 0.577. The largest absolute Gasteiger partial charge is 0.365 e. The van der Waals surface area contributed by atoms with Gasteiger partial charge >= 0.3 is 0 Å². The first-order chi connectivity index (χ1) is 18.7. The Morgan fingerprint density at radius 1 is 1.18 bits per heavy atom. The molecule has 2 saturated heterocycles. The highest BCUT2D eigenvalue weighted by Crippen LogP contribution is 2.50. The Bertz CT molecular complexity index is 1430. The third kappa shape index (κ3) is 6.79. The van der Waals surface area contributed by atoms with Crippen molar-refractivity contribution >= 4 is 59.2 Å². The summed E-state index contributed by atoms with van der Waals surface area (Å²) < 4.78 is 39.4. The van der Waals surface area contributed by atoms with E-state index in [-0.39, 0.29) is 17.5 Å². The molecule has 1 aromatic carbocycles. The van der Waals surface area contributed by atoms with E-state index in [2.05, 4.69) is 20.4 Å². The van der Waals surface area contributed by atoms with Gasteiger partial charge in [0.15, 0.2) is 17.7 Å². The van der Waals surface area contributed by atoms with Gasteiger partial charge in [0.1, 0.15) is 18.0 Å². The number of rotatable bonds is 9. The van der Waals surface area contributed by atoms with Gasteiger partial charge in [-0.15, -0.1) is 11.8 Å². The number of anilines is 1. The summed E-state index contributed by atoms with van der Waals surface area (Å²) in [5.41, 5.74) is 1.31. The minimum Gasteiger partial charge on any atom is -0.365 e. The number of nitrogens with zero attached hydrogens (tertiary/aromatic N) is 4. The van der Waals surface area contributed by atoms with Crippen LogP contribution < -0.4 is 5.32 Å². The average Bonchev–Trinajstić information content (AvgIpc) is 3.48. The molecule has 0 aliphatic carbocycles. The van der Waals surface area contributed by atoms with Crippen LogP contribution in [0.2, 0.25) is 10.3 Å². The fourth-order valence-corrected chi connectivity index (χ4v) is 8.96. The number of nitrogens with one attached hydrogen (secondary N) is 1. The molecule has 0 radical (unpaired) electrons. The lowest BCUT2D eigenvalue weighted by Crippen LogP contribution is -2.31. The summed E-state index contributed by atoms with van der Waals surface area (Å²) in [6, 6.07) is 7.58. The van der Waals surface area contributed by atoms with Crippen LogP contribution in [0.1, 0.15) is 46.4 Å². The van der Waals surface area contributed by atoms with Gasteiger partial charge in [0, 0.05) is 24.0 Å². The van der Waals surface area contributed by atoms with Crippen LogP contribution in [0.3, 0.4) is 0 Å². The van der Waals surface area contributed by atoms with Crippen molar-refractivity contribution in [3.63, 3.8) is 0 Å². The molecule has 5 atom stereocenters. The number of thioether (sulfide) groups is 1. The summed E-state index contributed by atoms with van der Waals surface area (Å²) in [4.78, 5) is 8.86. The van der Waals surface area contributed by atoms with Crippen molar-refractivity contribution in [1.29, 1.82) is 0 Å². The minimum absolute atomic E-state index is 0.0685. The van der Waals surface area contributed by atoms with E-state index in [0.29, 0.717) is 39.7 Å². The summed E-state index contributed by atoms with van der Waals surface area (Å²) in [7, 11) is -2.79. The number of halogens is 2. The molecule has 218 valence electrons. The molecule has 14 heteroatoms. The molecule has 5 rings (SSSR count). The maximum Gasteiger partial charge on any atom is 0.226 e. The Labute approximate surface area is 248 Å². The number of ether oxygens (including phenoxy) is 3. The maximum absolute atomic E-state index is 13.0. The van der Waals surface area contributed by atoms with Crippen molar-refractivity contribution in [2.45, 2.75) is 77.1 Å². The molecule has 40 heavy (non-hydrogen) atoms. The molecule has 2 aliphatic rings. The topological polar surface area (TPSA) is 110 Å². The van der Waals surface area contributed by atoms with Crippen LogP contribution in [0, 0.1) is 0 Å². The molecule has 0 spiro atoms. The van der Waals surface area contributed by atoms with Crippen LogP contribution >= 0.6 is 42.3 Å². The summed E-state index contributed by atoms with van der Waals surface area (Å²) in [6.45, 7) is 11.6. The Morgan fingerprint density at radius 2 is 1.90 bits per heavy atom. The van der Waals surface area contributed by atoms with Crippen LogP contribution in [-0.2, 0) is 29.8 Å². The van der Waals surface area contributed by atoms with Crippen LogP contribution in [-0.4, -0.2) is 67.4 Å². The Balaban J connectivity index is 1.36. The predicted octanol–water partition coefficient (Wildman–Crippen LogP) is 6.58. The van der Waals surface area contributed by atoms with E-state index in [1.165, 1.54) is 11.8 Å². The molecule has 4 heterocycles. The molecular formula is C26H34Cl2N5O5PS. The number of benzene rings is 1. The van der Waals surface area contributed by atoms with Crippen LogP contribution in [0.25, 0.3) is 11.0 Å². The van der Waals surface area contributed by atoms with Gasteiger partial charge in [-0.3, -0.25) is 4.57 Å². The monoisotopic (exact) mass is 629 g/mol. The van der Waals surface area contributed by atoms with Crippen molar-refractivity contribution < 1.29 is 23.3 Å². The maximum atomic E-state index is 13.0. The van der Waals surface area contributed by atoms with E-state index in [1.54, 1.807) is 17.5 Å². The highest BCUT2D eigenvalue weighted by Gasteiger charge is 2.56. The van der Waals surface area contributed by atoms with Gasteiger partial charge in [-0.2, -0.15) is 15.1 Å². The van der Waals surface area contributed by atoms with Gasteiger partial charge in [0.2, 0.25) is 12.7 Å². The van der Waals surface area contributed by atoms with Crippen molar-refractivity contribution in [2.24, 2.45) is 0 Å². The molecule has 0 bridgehead atoms. The van der Waals surface area contributed by atoms with Crippen LogP contribution in [0.5, 0.6) is 0 Å². The summed E-state index contributed by atoms with van der Waals surface area (Å²) in [6.07, 6.45) is -0.0423. The summed E-state index contributed by atoms with van der Waals surface area (Å²) >= 11 is 14.2. The number of hydrogen-bond acceptors (Lipinski definition) is 10. The first-order valence-electron chi connectivity index (χ1n) is 13.0. The Kier molecular flexibility index (Phi) is 8.52. The van der Waals surface area contributed by atoms with Crippen LogP contribution in [0.15, 0.2) is 30.5 Å². The van der Waals surface area contributed by atoms with E-state index in [0.717, 1.165) is 5.56 Å². The number of hydrogen-bond donors (Lipinski definition) is 1. The molecule has 2 fully saturated rings. The molecular weight excluding hydrogens is 596 g/mol. The zero-order valence-electron chi connectivity index (χ0n) is 23.3. The highest BCUT2D eigenvalue weighted by molar-refractivity contribution is 8.05. The first kappa shape index (κ1) is 30.0. The second kappa shape index (κ2) is 11.3. The second-order valence-corrected chi connectivity index (χ2v) is 16.2. The quantitative estimate of drug-likeness (QED) is 0.206. The SMILES string of the molecule is CC(C)(C)OP(C)(=O)CSC[C@H]1O[C@@H](n2ncc3c(NCc4ccccc4Cl)nc(Cl)nc32)[C@@H]2OC(C)(C)O[C@@H]21. The van der Waals surface area contributed by atoms with Crippen molar-refractivity contribution in [2.75, 3.05) is 23.2 Å². The van der Waals surface area contributed by atoms with E-state index in [1.807, 2.05) is 58.9 Å². The van der Waals surface area contributed by atoms with E-state index >= 15 is 0 Å². The molecule has 10 nitrogen and oxygen atoms in total. The van der Waals surface area contributed by atoms with Crippen LogP contribution in [0.4, 0.5) is 5.82 Å². The average molecular weight is 631 g/mol. The third-order valence-electron chi connectivity index (χ3n) is 6.27. The molecule has 1 unspecified atom stereocenters. The Hall–Kier alpha value is -1.43. The van der Waals surface area contributed by atoms with Gasteiger partial charge in [0.25, 0.3) is 0 Å². The lowest BCUT2D eigenvalue weighted by Gasteiger charge is -2.26. The highest BCUT2D eigenvalue weighted by atomic mass is 35.5.